The molecular formula is C24H24N4O4. The summed E-state index contributed by atoms with van der Waals surface area (Å²) in [6.07, 6.45) is 0.558. The second-order valence-corrected chi connectivity index (χ2v) is 8.48. The highest BCUT2D eigenvalue weighted by molar-refractivity contribution is 6.06. The molecule has 5 rings (SSSR count). The molecule has 3 heterocycles. The quantitative estimate of drug-likeness (QED) is 0.736. The van der Waals surface area contributed by atoms with E-state index in [9.17, 15) is 19.2 Å². The number of hydrogen-bond acceptors (Lipinski definition) is 5. The molecule has 0 spiro atoms. The molecule has 164 valence electrons. The number of nitrogens with one attached hydrogen (secondary N) is 1. The van der Waals surface area contributed by atoms with Crippen molar-refractivity contribution < 1.29 is 19.2 Å². The van der Waals surface area contributed by atoms with E-state index in [1.807, 2.05) is 24.3 Å². The van der Waals surface area contributed by atoms with Gasteiger partial charge in [0.05, 0.1) is 6.54 Å². The van der Waals surface area contributed by atoms with Crippen LogP contribution < -0.4 is 10.2 Å². The van der Waals surface area contributed by atoms with Crippen LogP contribution in [0.2, 0.25) is 0 Å². The van der Waals surface area contributed by atoms with Crippen molar-refractivity contribution in [3.63, 3.8) is 0 Å². The summed E-state index contributed by atoms with van der Waals surface area (Å²) < 4.78 is 0. The van der Waals surface area contributed by atoms with Crippen molar-refractivity contribution in [2.75, 3.05) is 24.5 Å². The smallest absolute Gasteiger partial charge is 0.255 e. The molecule has 8 nitrogen and oxygen atoms in total. The molecule has 3 aliphatic rings. The van der Waals surface area contributed by atoms with E-state index in [4.69, 9.17) is 0 Å². The maximum atomic E-state index is 12.9. The molecule has 2 aromatic rings. The minimum absolute atomic E-state index is 0.0264. The molecule has 8 heteroatoms. The first kappa shape index (κ1) is 20.4. The number of benzene rings is 2. The number of imide groups is 1. The Labute approximate surface area is 185 Å². The molecular weight excluding hydrogens is 408 g/mol. The zero-order chi connectivity index (χ0) is 22.2. The van der Waals surface area contributed by atoms with Gasteiger partial charge >= 0.3 is 0 Å². The zero-order valence-electron chi connectivity index (χ0n) is 17.6. The molecule has 0 saturated carbocycles. The maximum Gasteiger partial charge on any atom is 0.255 e. The Kier molecular flexibility index (Phi) is 5.22. The van der Waals surface area contributed by atoms with Crippen LogP contribution in [0.1, 0.15) is 34.3 Å². The van der Waals surface area contributed by atoms with Gasteiger partial charge in [-0.3, -0.25) is 29.4 Å². The second-order valence-electron chi connectivity index (χ2n) is 8.48. The molecule has 2 fully saturated rings. The minimum atomic E-state index is -0.640. The topological polar surface area (TPSA) is 90.0 Å². The van der Waals surface area contributed by atoms with Crippen LogP contribution in [0.25, 0.3) is 0 Å². The summed E-state index contributed by atoms with van der Waals surface area (Å²) in [4.78, 5) is 54.8. The normalized spacial score (nSPS) is 21.7. The van der Waals surface area contributed by atoms with Crippen LogP contribution in [-0.4, -0.2) is 59.1 Å². The Bertz CT molecular complexity index is 1100. The minimum Gasteiger partial charge on any atom is -0.322 e. The Hall–Kier alpha value is -3.52. The first-order valence-corrected chi connectivity index (χ1v) is 10.8. The third-order valence-corrected chi connectivity index (χ3v) is 6.37. The Balaban J connectivity index is 1.28. The molecule has 4 amide bonds. The van der Waals surface area contributed by atoms with E-state index >= 15 is 0 Å². The first-order chi connectivity index (χ1) is 15.5. The molecule has 0 aromatic heterocycles. The number of nitrogens with zero attached hydrogens (tertiary/aromatic N) is 3. The number of carbonyl (C=O) groups excluding carboxylic acids is 4. The van der Waals surface area contributed by atoms with Crippen LogP contribution in [0, 0.1) is 0 Å². The molecule has 2 saturated heterocycles. The predicted octanol–water partition coefficient (Wildman–Crippen LogP) is 1.30. The molecule has 1 N–H and O–H groups in total. The van der Waals surface area contributed by atoms with Crippen LogP contribution in [0.5, 0.6) is 0 Å². The van der Waals surface area contributed by atoms with Gasteiger partial charge < -0.3 is 9.80 Å². The Morgan fingerprint density at radius 1 is 0.938 bits per heavy atom. The van der Waals surface area contributed by atoms with Gasteiger partial charge in [0.1, 0.15) is 6.04 Å². The van der Waals surface area contributed by atoms with Gasteiger partial charge in [0.15, 0.2) is 0 Å². The lowest BCUT2D eigenvalue weighted by atomic mass is 10.0. The predicted molar refractivity (Wildman–Crippen MR) is 117 cm³/mol. The lowest BCUT2D eigenvalue weighted by molar-refractivity contribution is -0.137. The summed E-state index contributed by atoms with van der Waals surface area (Å²) in [5.41, 5.74) is 3.30. The van der Waals surface area contributed by atoms with Gasteiger partial charge in [0.2, 0.25) is 17.7 Å². The van der Waals surface area contributed by atoms with Gasteiger partial charge in [-0.1, -0.05) is 30.3 Å². The van der Waals surface area contributed by atoms with E-state index in [1.54, 1.807) is 17.0 Å². The molecule has 2 aromatic carbocycles. The van der Waals surface area contributed by atoms with E-state index in [2.05, 4.69) is 22.3 Å². The van der Waals surface area contributed by atoms with Crippen molar-refractivity contribution in [2.24, 2.45) is 0 Å². The van der Waals surface area contributed by atoms with Crippen molar-refractivity contribution >= 4 is 29.3 Å². The number of anilines is 1. The fraction of sp³-hybridized carbons (Fsp3) is 0.333. The summed E-state index contributed by atoms with van der Waals surface area (Å²) in [6, 6.07) is 14.9. The largest absolute Gasteiger partial charge is 0.322 e. The highest BCUT2D eigenvalue weighted by Crippen LogP contribution is 2.31. The van der Waals surface area contributed by atoms with Crippen molar-refractivity contribution in [2.45, 2.75) is 32.0 Å². The van der Waals surface area contributed by atoms with Gasteiger partial charge in [-0.15, -0.1) is 0 Å². The number of carbonyl (C=O) groups is 4. The third kappa shape index (κ3) is 3.78. The number of amides is 4. The average Bonchev–Trinajstić information content (AvgIpc) is 3.10. The van der Waals surface area contributed by atoms with E-state index in [-0.39, 0.29) is 24.1 Å². The van der Waals surface area contributed by atoms with Crippen molar-refractivity contribution in [3.05, 3.63) is 65.2 Å². The van der Waals surface area contributed by atoms with Gasteiger partial charge in [0, 0.05) is 43.9 Å². The number of hydrogen-bond donors (Lipinski definition) is 1. The molecule has 32 heavy (non-hydrogen) atoms. The van der Waals surface area contributed by atoms with Crippen molar-refractivity contribution in [1.82, 2.24) is 15.1 Å². The Morgan fingerprint density at radius 2 is 1.75 bits per heavy atom. The summed E-state index contributed by atoms with van der Waals surface area (Å²) in [6.45, 7) is 2.72. The molecule has 1 atom stereocenters. The average molecular weight is 432 g/mol. The lowest BCUT2D eigenvalue weighted by Crippen LogP contribution is -2.52. The number of piperazine rings is 1. The molecule has 0 bridgehead atoms. The van der Waals surface area contributed by atoms with E-state index < -0.39 is 11.9 Å². The molecule has 0 aliphatic carbocycles. The van der Waals surface area contributed by atoms with Crippen LogP contribution in [-0.2, 0) is 27.5 Å². The fourth-order valence-electron chi connectivity index (χ4n) is 4.70. The highest BCUT2D eigenvalue weighted by Gasteiger charge is 2.39. The molecule has 0 radical (unpaired) electrons. The van der Waals surface area contributed by atoms with Gasteiger partial charge in [-0.25, -0.2) is 0 Å². The van der Waals surface area contributed by atoms with Crippen molar-refractivity contribution in [1.29, 1.82) is 0 Å². The molecule has 3 aliphatic heterocycles. The monoisotopic (exact) mass is 432 g/mol. The third-order valence-electron chi connectivity index (χ3n) is 6.37. The summed E-state index contributed by atoms with van der Waals surface area (Å²) >= 11 is 0. The number of fused-ring (bicyclic) bond motifs is 1. The SMILES string of the molecule is O=C1CCC(N2Cc3cc(N4CCN(Cc5ccccc5)CC4=O)ccc3C2=O)C(=O)N1. The van der Waals surface area contributed by atoms with E-state index in [0.29, 0.717) is 31.6 Å². The van der Waals surface area contributed by atoms with Crippen LogP contribution in [0.15, 0.2) is 48.5 Å². The first-order valence-electron chi connectivity index (χ1n) is 10.8. The van der Waals surface area contributed by atoms with Crippen molar-refractivity contribution in [3.8, 4) is 0 Å². The summed E-state index contributed by atoms with van der Waals surface area (Å²) in [5, 5.41) is 2.31. The number of piperidine rings is 1. The van der Waals surface area contributed by atoms with Gasteiger partial charge in [-0.05, 0) is 35.7 Å². The summed E-state index contributed by atoms with van der Waals surface area (Å²) in [5.74, 6) is -0.909. The van der Waals surface area contributed by atoms with E-state index in [0.717, 1.165) is 24.3 Å². The highest BCUT2D eigenvalue weighted by atomic mass is 16.2. The van der Waals surface area contributed by atoms with E-state index in [1.165, 1.54) is 10.5 Å². The lowest BCUT2D eigenvalue weighted by Gasteiger charge is -2.34. The number of rotatable bonds is 4. The van der Waals surface area contributed by atoms with Crippen LogP contribution >= 0.6 is 0 Å². The fourth-order valence-corrected chi connectivity index (χ4v) is 4.70. The van der Waals surface area contributed by atoms with Gasteiger partial charge in [0.25, 0.3) is 5.91 Å². The van der Waals surface area contributed by atoms with Crippen LogP contribution in [0.3, 0.4) is 0 Å². The van der Waals surface area contributed by atoms with Gasteiger partial charge in [-0.2, -0.15) is 0 Å². The second kappa shape index (κ2) is 8.20. The standard InChI is InChI=1S/C24H24N4O4/c29-21-9-8-20(23(31)25-21)28-14-17-12-18(6-7-19(17)24(28)32)27-11-10-26(15-22(27)30)13-16-4-2-1-3-5-16/h1-7,12,20H,8-11,13-15H2,(H,25,29,31). The zero-order valence-corrected chi connectivity index (χ0v) is 17.6. The van der Waals surface area contributed by atoms with Crippen LogP contribution in [0.4, 0.5) is 5.69 Å². The molecule has 1 unspecified atom stereocenters. The summed E-state index contributed by atoms with van der Waals surface area (Å²) in [7, 11) is 0. The maximum absolute atomic E-state index is 12.9. The Morgan fingerprint density at radius 3 is 2.50 bits per heavy atom.